The molecule has 0 bridgehead atoms. The van der Waals surface area contributed by atoms with Gasteiger partial charge in [0, 0.05) is 17.9 Å². The van der Waals surface area contributed by atoms with E-state index in [1.165, 1.54) is 6.92 Å². The third-order valence-electron chi connectivity index (χ3n) is 1.94. The lowest BCUT2D eigenvalue weighted by Crippen LogP contribution is -2.37. The van der Waals surface area contributed by atoms with Crippen LogP contribution in [0.3, 0.4) is 0 Å². The van der Waals surface area contributed by atoms with Crippen molar-refractivity contribution in [2.75, 3.05) is 5.75 Å². The maximum Gasteiger partial charge on any atom is 0.441 e. The molecule has 0 aliphatic rings. The number of halogens is 4. The van der Waals surface area contributed by atoms with E-state index < -0.39 is 22.5 Å². The molecule has 17 heavy (non-hydrogen) atoms. The number of hydrogen-bond donors (Lipinski definition) is 1. The molecule has 4 nitrogen and oxygen atoms in total. The number of aromatic nitrogens is 2. The minimum atomic E-state index is -4.38. The van der Waals surface area contributed by atoms with Gasteiger partial charge in [-0.25, -0.2) is 4.79 Å². The molecule has 0 aliphatic carbocycles. The van der Waals surface area contributed by atoms with Gasteiger partial charge >= 0.3 is 11.2 Å². The Labute approximate surface area is 103 Å². The molecule has 0 saturated carbocycles. The van der Waals surface area contributed by atoms with Gasteiger partial charge in [0.05, 0.1) is 0 Å². The number of H-pyrrole nitrogens is 1. The normalized spacial score (nSPS) is 11.8. The van der Waals surface area contributed by atoms with Crippen molar-refractivity contribution in [2.45, 2.75) is 19.0 Å². The number of nitrogens with zero attached hydrogens (tertiary/aromatic N) is 1. The minimum Gasteiger partial charge on any atom is -0.297 e. The van der Waals surface area contributed by atoms with Gasteiger partial charge in [0.15, 0.2) is 0 Å². The average molecular weight is 289 g/mol. The molecule has 1 aromatic rings. The minimum absolute atomic E-state index is 0.0975. The summed E-state index contributed by atoms with van der Waals surface area (Å²) in [6.45, 7) is 1.06. The third kappa shape index (κ3) is 3.81. The van der Waals surface area contributed by atoms with E-state index in [-0.39, 0.29) is 29.0 Å². The van der Waals surface area contributed by atoms with Crippen molar-refractivity contribution in [3.8, 4) is 0 Å². The largest absolute Gasteiger partial charge is 0.441 e. The van der Waals surface area contributed by atoms with Crippen LogP contribution in [0.2, 0.25) is 5.15 Å². The van der Waals surface area contributed by atoms with Gasteiger partial charge in [-0.3, -0.25) is 14.3 Å². The fraction of sp³-hybridized carbons (Fsp3) is 0.500. The zero-order chi connectivity index (χ0) is 13.2. The maximum atomic E-state index is 11.9. The number of rotatable bonds is 3. The van der Waals surface area contributed by atoms with Crippen LogP contribution in [0.25, 0.3) is 0 Å². The van der Waals surface area contributed by atoms with Crippen LogP contribution in [-0.2, 0) is 6.54 Å². The van der Waals surface area contributed by atoms with E-state index in [0.29, 0.717) is 4.57 Å². The summed E-state index contributed by atoms with van der Waals surface area (Å²) >= 11 is 5.25. The molecule has 9 heteroatoms. The van der Waals surface area contributed by atoms with E-state index in [1.54, 1.807) is 0 Å². The van der Waals surface area contributed by atoms with Crippen LogP contribution in [0.1, 0.15) is 5.56 Å². The van der Waals surface area contributed by atoms with Gasteiger partial charge in [-0.15, -0.1) is 0 Å². The van der Waals surface area contributed by atoms with Crippen molar-refractivity contribution in [3.05, 3.63) is 31.6 Å². The number of alkyl halides is 3. The van der Waals surface area contributed by atoms with Crippen molar-refractivity contribution in [3.63, 3.8) is 0 Å². The summed E-state index contributed by atoms with van der Waals surface area (Å²) in [6, 6.07) is 0. The number of hydrogen-bond acceptors (Lipinski definition) is 3. The second kappa shape index (κ2) is 5.18. The smallest absolute Gasteiger partial charge is 0.297 e. The quantitative estimate of drug-likeness (QED) is 0.862. The molecule has 0 saturated heterocycles. The molecule has 1 heterocycles. The number of aromatic amines is 1. The van der Waals surface area contributed by atoms with Crippen LogP contribution < -0.4 is 11.2 Å². The maximum absolute atomic E-state index is 11.9. The molecular formula is C8H8ClF3N2O2S. The van der Waals surface area contributed by atoms with E-state index in [2.05, 4.69) is 4.98 Å². The third-order valence-corrected chi connectivity index (χ3v) is 3.03. The fourth-order valence-corrected chi connectivity index (χ4v) is 1.77. The molecule has 0 aromatic carbocycles. The summed E-state index contributed by atoms with van der Waals surface area (Å²) in [5.41, 5.74) is -5.77. The van der Waals surface area contributed by atoms with Crippen LogP contribution in [0.5, 0.6) is 0 Å². The first kappa shape index (κ1) is 14.2. The van der Waals surface area contributed by atoms with Gasteiger partial charge in [-0.1, -0.05) is 11.6 Å². The van der Waals surface area contributed by atoms with Crippen molar-refractivity contribution in [1.29, 1.82) is 0 Å². The van der Waals surface area contributed by atoms with E-state index >= 15 is 0 Å². The molecule has 0 amide bonds. The fourth-order valence-electron chi connectivity index (χ4n) is 1.10. The Kier molecular flexibility index (Phi) is 4.31. The lowest BCUT2D eigenvalue weighted by molar-refractivity contribution is -0.0328. The first-order valence-electron chi connectivity index (χ1n) is 4.42. The highest BCUT2D eigenvalue weighted by molar-refractivity contribution is 8.00. The standard InChI is InChI=1S/C8H8ClF3N2O2S/c1-4-5(9)13-7(16)14(6(4)15)2-3-17-8(10,11)12/h2-3H2,1H3,(H,13,16). The number of nitrogens with one attached hydrogen (secondary N) is 1. The summed E-state index contributed by atoms with van der Waals surface area (Å²) in [5.74, 6) is -0.409. The van der Waals surface area contributed by atoms with Crippen molar-refractivity contribution < 1.29 is 13.2 Å². The summed E-state index contributed by atoms with van der Waals surface area (Å²) in [7, 11) is 0. The molecular weight excluding hydrogens is 281 g/mol. The Bertz CT molecular complexity index is 523. The SMILES string of the molecule is Cc1c(Cl)[nH]c(=O)n(CCSC(F)(F)F)c1=O. The molecule has 0 unspecified atom stereocenters. The van der Waals surface area contributed by atoms with Crippen LogP contribution in [-0.4, -0.2) is 20.8 Å². The lowest BCUT2D eigenvalue weighted by Gasteiger charge is -2.08. The van der Waals surface area contributed by atoms with Crippen LogP contribution in [0.15, 0.2) is 9.59 Å². The van der Waals surface area contributed by atoms with Gasteiger partial charge in [-0.05, 0) is 18.7 Å². The second-order valence-corrected chi connectivity index (χ2v) is 4.66. The summed E-state index contributed by atoms with van der Waals surface area (Å²) < 4.78 is 36.3. The molecule has 1 aromatic heterocycles. The highest BCUT2D eigenvalue weighted by atomic mass is 35.5. The first-order chi connectivity index (χ1) is 7.72. The molecule has 0 aliphatic heterocycles. The predicted molar refractivity (Wildman–Crippen MR) is 59.6 cm³/mol. The molecule has 1 N–H and O–H groups in total. The lowest BCUT2D eigenvalue weighted by atomic mass is 10.4. The van der Waals surface area contributed by atoms with E-state index in [9.17, 15) is 22.8 Å². The van der Waals surface area contributed by atoms with Crippen molar-refractivity contribution in [1.82, 2.24) is 9.55 Å². The van der Waals surface area contributed by atoms with Gasteiger partial charge < -0.3 is 0 Å². The zero-order valence-electron chi connectivity index (χ0n) is 8.60. The first-order valence-corrected chi connectivity index (χ1v) is 5.78. The zero-order valence-corrected chi connectivity index (χ0v) is 10.2. The van der Waals surface area contributed by atoms with Gasteiger partial charge in [0.1, 0.15) is 5.15 Å². The van der Waals surface area contributed by atoms with E-state index in [4.69, 9.17) is 11.6 Å². The van der Waals surface area contributed by atoms with Crippen LogP contribution in [0.4, 0.5) is 13.2 Å². The van der Waals surface area contributed by atoms with Crippen LogP contribution in [0, 0.1) is 6.92 Å². The van der Waals surface area contributed by atoms with Gasteiger partial charge in [0.2, 0.25) is 0 Å². The van der Waals surface area contributed by atoms with Crippen molar-refractivity contribution in [2.24, 2.45) is 0 Å². The Balaban J connectivity index is 2.90. The summed E-state index contributed by atoms with van der Waals surface area (Å²) in [5, 5.41) is -0.0975. The number of thioether (sulfide) groups is 1. The monoisotopic (exact) mass is 288 g/mol. The van der Waals surface area contributed by atoms with E-state index in [0.717, 1.165) is 0 Å². The Morgan fingerprint density at radius 1 is 1.41 bits per heavy atom. The molecule has 96 valence electrons. The average Bonchev–Trinajstić information content (AvgIpc) is 2.18. The van der Waals surface area contributed by atoms with Crippen molar-refractivity contribution >= 4 is 23.4 Å². The highest BCUT2D eigenvalue weighted by Gasteiger charge is 2.27. The van der Waals surface area contributed by atoms with Gasteiger partial charge in [-0.2, -0.15) is 13.2 Å². The Hall–Kier alpha value is -0.890. The molecule has 0 spiro atoms. The Morgan fingerprint density at radius 2 is 2.00 bits per heavy atom. The second-order valence-electron chi connectivity index (χ2n) is 3.12. The summed E-state index contributed by atoms with van der Waals surface area (Å²) in [6.07, 6.45) is 0. The molecule has 1 rings (SSSR count). The highest BCUT2D eigenvalue weighted by Crippen LogP contribution is 2.29. The molecule has 0 radical (unpaired) electrons. The molecule has 0 atom stereocenters. The Morgan fingerprint density at radius 3 is 2.53 bits per heavy atom. The predicted octanol–water partition coefficient (Wildman–Crippen LogP) is 1.75. The van der Waals surface area contributed by atoms with Crippen LogP contribution >= 0.6 is 23.4 Å². The van der Waals surface area contributed by atoms with Gasteiger partial charge in [0.25, 0.3) is 5.56 Å². The van der Waals surface area contributed by atoms with E-state index in [1.807, 2.05) is 0 Å². The summed E-state index contributed by atoms with van der Waals surface area (Å²) in [4.78, 5) is 25.0. The molecule has 0 fully saturated rings. The topological polar surface area (TPSA) is 54.9 Å².